The molecule has 19 heavy (non-hydrogen) atoms. The molecule has 4 nitrogen and oxygen atoms in total. The van der Waals surface area contributed by atoms with Gasteiger partial charge in [-0.15, -0.1) is 0 Å². The van der Waals surface area contributed by atoms with Gasteiger partial charge in [-0.25, -0.2) is 0 Å². The van der Waals surface area contributed by atoms with Gasteiger partial charge in [0.2, 0.25) is 0 Å². The Balaban J connectivity index is 2.19. The molecule has 1 fully saturated rings. The summed E-state index contributed by atoms with van der Waals surface area (Å²) in [5.74, 6) is 0.0131. The van der Waals surface area contributed by atoms with Crippen LogP contribution in [-0.4, -0.2) is 39.2 Å². The Kier molecular flexibility index (Phi) is 4.36. The van der Waals surface area contributed by atoms with Gasteiger partial charge in [-0.3, -0.25) is 4.79 Å². The summed E-state index contributed by atoms with van der Waals surface area (Å²) < 4.78 is 2.91. The molecule has 0 spiro atoms. The van der Waals surface area contributed by atoms with E-state index in [1.54, 1.807) is 11.8 Å². The fourth-order valence-corrected chi connectivity index (χ4v) is 3.10. The van der Waals surface area contributed by atoms with E-state index in [1.807, 2.05) is 16.8 Å². The van der Waals surface area contributed by atoms with Crippen LogP contribution in [0.15, 0.2) is 16.7 Å². The summed E-state index contributed by atoms with van der Waals surface area (Å²) in [6, 6.07) is 1.86. The molecule has 106 valence electrons. The second kappa shape index (κ2) is 5.67. The summed E-state index contributed by atoms with van der Waals surface area (Å²) in [7, 11) is 0. The lowest BCUT2D eigenvalue weighted by atomic mass is 9.95. The van der Waals surface area contributed by atoms with Gasteiger partial charge >= 0.3 is 0 Å². The van der Waals surface area contributed by atoms with Crippen LogP contribution in [0.5, 0.6) is 0 Å². The van der Waals surface area contributed by atoms with Crippen LogP contribution in [0.3, 0.4) is 0 Å². The number of aliphatic hydroxyl groups is 1. The molecule has 5 heteroatoms. The Bertz CT molecular complexity index is 468. The largest absolute Gasteiger partial charge is 0.388 e. The predicted molar refractivity (Wildman–Crippen MR) is 78.2 cm³/mol. The van der Waals surface area contributed by atoms with Gasteiger partial charge < -0.3 is 14.6 Å². The number of carbonyl (C=O) groups excluding carboxylic acids is 1. The maximum absolute atomic E-state index is 12.6. The maximum atomic E-state index is 12.6. The summed E-state index contributed by atoms with van der Waals surface area (Å²) in [4.78, 5) is 14.3. The van der Waals surface area contributed by atoms with Crippen molar-refractivity contribution in [3.63, 3.8) is 0 Å². The minimum absolute atomic E-state index is 0.0131. The standard InChI is InChI=1S/C14H21BrN2O2/c1-3-6-16-9-11(15)8-12(16)13(18)17-7-4-5-14(2,19)10-17/h8-9,19H,3-7,10H2,1-2H3. The lowest BCUT2D eigenvalue weighted by molar-refractivity contribution is -0.0111. The molecule has 1 amide bonds. The van der Waals surface area contributed by atoms with Crippen molar-refractivity contribution in [1.82, 2.24) is 9.47 Å². The number of aromatic nitrogens is 1. The lowest BCUT2D eigenvalue weighted by Gasteiger charge is -2.36. The minimum atomic E-state index is -0.757. The Morgan fingerprint density at radius 2 is 2.32 bits per heavy atom. The third-order valence-electron chi connectivity index (χ3n) is 3.51. The molecule has 1 N–H and O–H groups in total. The molecular weight excluding hydrogens is 308 g/mol. The average molecular weight is 329 g/mol. The fraction of sp³-hybridized carbons (Fsp3) is 0.643. The van der Waals surface area contributed by atoms with E-state index < -0.39 is 5.60 Å². The summed E-state index contributed by atoms with van der Waals surface area (Å²) in [5.41, 5.74) is -0.0562. The second-order valence-corrected chi connectivity index (χ2v) is 6.48. The first-order chi connectivity index (χ1) is 8.93. The van der Waals surface area contributed by atoms with Crippen molar-refractivity contribution in [2.75, 3.05) is 13.1 Å². The molecule has 0 radical (unpaired) electrons. The van der Waals surface area contributed by atoms with Crippen molar-refractivity contribution in [3.05, 3.63) is 22.4 Å². The van der Waals surface area contributed by atoms with Crippen molar-refractivity contribution in [2.24, 2.45) is 0 Å². The first-order valence-corrected chi connectivity index (χ1v) is 7.59. The first-order valence-electron chi connectivity index (χ1n) is 6.80. The Morgan fingerprint density at radius 3 is 2.95 bits per heavy atom. The molecule has 0 saturated carbocycles. The minimum Gasteiger partial charge on any atom is -0.388 e. The number of halogens is 1. The van der Waals surface area contributed by atoms with E-state index in [4.69, 9.17) is 0 Å². The predicted octanol–water partition coefficient (Wildman–Crippen LogP) is 2.65. The fourth-order valence-electron chi connectivity index (χ4n) is 2.64. The molecule has 1 aliphatic rings. The van der Waals surface area contributed by atoms with Gasteiger partial charge in [0.15, 0.2) is 0 Å². The summed E-state index contributed by atoms with van der Waals surface area (Å²) in [6.45, 7) is 5.86. The molecule has 1 unspecified atom stereocenters. The number of amides is 1. The summed E-state index contributed by atoms with van der Waals surface area (Å²) in [5, 5.41) is 10.1. The van der Waals surface area contributed by atoms with E-state index in [2.05, 4.69) is 22.9 Å². The van der Waals surface area contributed by atoms with Crippen molar-refractivity contribution in [1.29, 1.82) is 0 Å². The van der Waals surface area contributed by atoms with E-state index in [1.165, 1.54) is 0 Å². The SMILES string of the molecule is CCCn1cc(Br)cc1C(=O)N1CCCC(C)(O)C1. The zero-order valence-electron chi connectivity index (χ0n) is 11.5. The summed E-state index contributed by atoms with van der Waals surface area (Å²) in [6.07, 6.45) is 4.54. The third kappa shape index (κ3) is 3.39. The van der Waals surface area contributed by atoms with Crippen LogP contribution in [0, 0.1) is 0 Å². The highest BCUT2D eigenvalue weighted by molar-refractivity contribution is 9.10. The van der Waals surface area contributed by atoms with Crippen LogP contribution < -0.4 is 0 Å². The van der Waals surface area contributed by atoms with Gasteiger partial charge in [-0.2, -0.15) is 0 Å². The highest BCUT2D eigenvalue weighted by atomic mass is 79.9. The normalized spacial score (nSPS) is 23.7. The van der Waals surface area contributed by atoms with Gasteiger partial charge in [-0.05, 0) is 48.2 Å². The number of piperidine rings is 1. The van der Waals surface area contributed by atoms with Gasteiger partial charge in [0.25, 0.3) is 5.91 Å². The van der Waals surface area contributed by atoms with E-state index in [-0.39, 0.29) is 5.91 Å². The van der Waals surface area contributed by atoms with Crippen LogP contribution >= 0.6 is 15.9 Å². The van der Waals surface area contributed by atoms with Crippen molar-refractivity contribution >= 4 is 21.8 Å². The number of aryl methyl sites for hydroxylation is 1. The van der Waals surface area contributed by atoms with Crippen LogP contribution in [0.2, 0.25) is 0 Å². The van der Waals surface area contributed by atoms with E-state index in [0.29, 0.717) is 12.2 Å². The molecule has 1 aromatic rings. The Labute approximate surface area is 122 Å². The quantitative estimate of drug-likeness (QED) is 0.927. The van der Waals surface area contributed by atoms with Crippen LogP contribution in [-0.2, 0) is 6.54 Å². The number of nitrogens with zero attached hydrogens (tertiary/aromatic N) is 2. The number of hydrogen-bond donors (Lipinski definition) is 1. The Morgan fingerprint density at radius 1 is 1.58 bits per heavy atom. The number of hydrogen-bond acceptors (Lipinski definition) is 2. The van der Waals surface area contributed by atoms with Crippen LogP contribution in [0.4, 0.5) is 0 Å². The zero-order valence-corrected chi connectivity index (χ0v) is 13.1. The molecule has 2 rings (SSSR count). The molecule has 1 atom stereocenters. The van der Waals surface area contributed by atoms with Gasteiger partial charge in [0.05, 0.1) is 5.60 Å². The van der Waals surface area contributed by atoms with E-state index >= 15 is 0 Å². The number of rotatable bonds is 3. The van der Waals surface area contributed by atoms with Gasteiger partial charge in [0, 0.05) is 30.3 Å². The zero-order chi connectivity index (χ0) is 14.0. The molecule has 1 aliphatic heterocycles. The molecule has 1 saturated heterocycles. The molecule has 0 aromatic carbocycles. The average Bonchev–Trinajstić information content (AvgIpc) is 2.68. The monoisotopic (exact) mass is 328 g/mol. The molecular formula is C14H21BrN2O2. The second-order valence-electron chi connectivity index (χ2n) is 5.56. The number of β-amino-alcohol motifs (C(OH)–C–C–N with tert-alkyl or cyclic N) is 1. The number of likely N-dealkylation sites (tertiary alicyclic amines) is 1. The van der Waals surface area contributed by atoms with E-state index in [0.717, 1.165) is 36.8 Å². The highest BCUT2D eigenvalue weighted by Crippen LogP contribution is 2.23. The number of carbonyl (C=O) groups is 1. The van der Waals surface area contributed by atoms with Crippen molar-refractivity contribution in [2.45, 2.75) is 45.3 Å². The lowest BCUT2D eigenvalue weighted by Crippen LogP contribution is -2.48. The smallest absolute Gasteiger partial charge is 0.270 e. The first kappa shape index (κ1) is 14.6. The van der Waals surface area contributed by atoms with Crippen molar-refractivity contribution < 1.29 is 9.90 Å². The van der Waals surface area contributed by atoms with Crippen LogP contribution in [0.25, 0.3) is 0 Å². The van der Waals surface area contributed by atoms with Crippen LogP contribution in [0.1, 0.15) is 43.6 Å². The molecule has 1 aromatic heterocycles. The maximum Gasteiger partial charge on any atom is 0.270 e. The summed E-state index contributed by atoms with van der Waals surface area (Å²) >= 11 is 3.43. The third-order valence-corrected chi connectivity index (χ3v) is 3.94. The Hall–Kier alpha value is -0.810. The van der Waals surface area contributed by atoms with E-state index in [9.17, 15) is 9.90 Å². The topological polar surface area (TPSA) is 45.5 Å². The van der Waals surface area contributed by atoms with Gasteiger partial charge in [-0.1, -0.05) is 6.92 Å². The highest BCUT2D eigenvalue weighted by Gasteiger charge is 2.32. The molecule has 0 bridgehead atoms. The van der Waals surface area contributed by atoms with Crippen molar-refractivity contribution in [3.8, 4) is 0 Å². The van der Waals surface area contributed by atoms with Gasteiger partial charge in [0.1, 0.15) is 5.69 Å². The molecule has 2 heterocycles. The molecule has 0 aliphatic carbocycles.